The highest BCUT2D eigenvalue weighted by Crippen LogP contribution is 2.32. The third-order valence-electron chi connectivity index (χ3n) is 4.40. The van der Waals surface area contributed by atoms with Crippen LogP contribution in [-0.2, 0) is 0 Å². The largest absolute Gasteiger partial charge is 0.370 e. The molecule has 0 unspecified atom stereocenters. The van der Waals surface area contributed by atoms with Gasteiger partial charge in [0, 0.05) is 32.6 Å². The number of anilines is 1. The first-order valence-electron chi connectivity index (χ1n) is 8.05. The van der Waals surface area contributed by atoms with E-state index >= 15 is 0 Å². The number of hydrogen-bond donors (Lipinski definition) is 0. The minimum Gasteiger partial charge on any atom is -0.370 e. The van der Waals surface area contributed by atoms with Gasteiger partial charge in [-0.15, -0.1) is 0 Å². The van der Waals surface area contributed by atoms with Crippen LogP contribution in [0.4, 0.5) is 11.4 Å². The Labute approximate surface area is 122 Å². The fraction of sp³-hybridized carbons (Fsp3) is 0.588. The zero-order chi connectivity index (χ0) is 13.8. The quantitative estimate of drug-likeness (QED) is 0.832. The Kier molecular flexibility index (Phi) is 4.24. The molecule has 0 spiro atoms. The van der Waals surface area contributed by atoms with E-state index in [9.17, 15) is 0 Å². The predicted octanol–water partition coefficient (Wildman–Crippen LogP) is 3.82. The molecule has 20 heavy (non-hydrogen) atoms. The standard InChI is InChI=1S/C17H25N3/c1-2-19-12-6-5-11-17(19)18-15-9-3-4-10-16(15)20-13-7-8-14-20/h3-4,9-10H,2,5-8,11-14H2,1H3. The lowest BCUT2D eigenvalue weighted by Crippen LogP contribution is -2.35. The number of nitrogens with zero attached hydrogens (tertiary/aromatic N) is 3. The second-order valence-electron chi connectivity index (χ2n) is 5.75. The molecule has 0 aliphatic carbocycles. The van der Waals surface area contributed by atoms with Gasteiger partial charge in [-0.2, -0.15) is 0 Å². The van der Waals surface area contributed by atoms with E-state index in [1.165, 1.54) is 56.8 Å². The highest BCUT2D eigenvalue weighted by Gasteiger charge is 2.18. The van der Waals surface area contributed by atoms with Gasteiger partial charge in [-0.25, -0.2) is 4.99 Å². The topological polar surface area (TPSA) is 18.8 Å². The summed E-state index contributed by atoms with van der Waals surface area (Å²) >= 11 is 0. The lowest BCUT2D eigenvalue weighted by atomic mass is 10.1. The predicted molar refractivity (Wildman–Crippen MR) is 86.1 cm³/mol. The number of rotatable bonds is 3. The summed E-state index contributed by atoms with van der Waals surface area (Å²) in [6.07, 6.45) is 6.34. The van der Waals surface area contributed by atoms with E-state index in [0.29, 0.717) is 0 Å². The average Bonchev–Trinajstić information content (AvgIpc) is 3.02. The second-order valence-corrected chi connectivity index (χ2v) is 5.75. The van der Waals surface area contributed by atoms with Gasteiger partial charge >= 0.3 is 0 Å². The molecule has 0 bridgehead atoms. The Morgan fingerprint density at radius 2 is 1.75 bits per heavy atom. The monoisotopic (exact) mass is 271 g/mol. The number of hydrogen-bond acceptors (Lipinski definition) is 2. The van der Waals surface area contributed by atoms with E-state index in [1.54, 1.807) is 0 Å². The summed E-state index contributed by atoms with van der Waals surface area (Å²) in [5, 5.41) is 0. The van der Waals surface area contributed by atoms with E-state index in [-0.39, 0.29) is 0 Å². The van der Waals surface area contributed by atoms with E-state index in [2.05, 4.69) is 41.0 Å². The highest BCUT2D eigenvalue weighted by molar-refractivity contribution is 5.87. The van der Waals surface area contributed by atoms with Gasteiger partial charge in [0.1, 0.15) is 5.84 Å². The van der Waals surface area contributed by atoms with E-state index in [4.69, 9.17) is 4.99 Å². The van der Waals surface area contributed by atoms with Crippen molar-refractivity contribution in [1.82, 2.24) is 4.90 Å². The van der Waals surface area contributed by atoms with Crippen LogP contribution in [0.3, 0.4) is 0 Å². The van der Waals surface area contributed by atoms with Crippen molar-refractivity contribution in [3.63, 3.8) is 0 Å². The molecular formula is C17H25N3. The van der Waals surface area contributed by atoms with Crippen LogP contribution in [0.25, 0.3) is 0 Å². The van der Waals surface area contributed by atoms with Gasteiger partial charge < -0.3 is 9.80 Å². The van der Waals surface area contributed by atoms with Crippen molar-refractivity contribution < 1.29 is 0 Å². The van der Waals surface area contributed by atoms with Gasteiger partial charge in [0.15, 0.2) is 0 Å². The smallest absolute Gasteiger partial charge is 0.105 e. The summed E-state index contributed by atoms with van der Waals surface area (Å²) in [6, 6.07) is 8.64. The van der Waals surface area contributed by atoms with Crippen LogP contribution in [0, 0.1) is 0 Å². The average molecular weight is 271 g/mol. The van der Waals surface area contributed by atoms with Crippen molar-refractivity contribution in [3.8, 4) is 0 Å². The van der Waals surface area contributed by atoms with Gasteiger partial charge in [0.2, 0.25) is 0 Å². The number of likely N-dealkylation sites (tertiary alicyclic amines) is 1. The summed E-state index contributed by atoms with van der Waals surface area (Å²) < 4.78 is 0. The lowest BCUT2D eigenvalue weighted by molar-refractivity contribution is 0.387. The Morgan fingerprint density at radius 1 is 1.00 bits per heavy atom. The maximum atomic E-state index is 5.02. The zero-order valence-corrected chi connectivity index (χ0v) is 12.5. The number of para-hydroxylation sites is 2. The Balaban J connectivity index is 1.89. The summed E-state index contributed by atoms with van der Waals surface area (Å²) in [5.41, 5.74) is 2.48. The van der Waals surface area contributed by atoms with Crippen LogP contribution in [0.2, 0.25) is 0 Å². The van der Waals surface area contributed by atoms with Crippen molar-refractivity contribution in [1.29, 1.82) is 0 Å². The molecule has 0 saturated carbocycles. The van der Waals surface area contributed by atoms with E-state index in [0.717, 1.165) is 18.7 Å². The summed E-state index contributed by atoms with van der Waals surface area (Å²) in [7, 11) is 0. The molecule has 3 heteroatoms. The number of piperidine rings is 1. The minimum absolute atomic E-state index is 1.07. The van der Waals surface area contributed by atoms with Crippen LogP contribution in [0.15, 0.2) is 29.3 Å². The summed E-state index contributed by atoms with van der Waals surface area (Å²) in [4.78, 5) is 9.94. The van der Waals surface area contributed by atoms with Gasteiger partial charge in [0.25, 0.3) is 0 Å². The Bertz CT molecular complexity index is 475. The molecule has 108 valence electrons. The molecule has 3 nitrogen and oxygen atoms in total. The normalized spacial score (nSPS) is 21.8. The molecule has 0 atom stereocenters. The first kappa shape index (κ1) is 13.5. The molecule has 2 saturated heterocycles. The van der Waals surface area contributed by atoms with Crippen LogP contribution < -0.4 is 4.90 Å². The van der Waals surface area contributed by atoms with Crippen molar-refractivity contribution >= 4 is 17.2 Å². The minimum atomic E-state index is 1.07. The third kappa shape index (κ3) is 2.82. The number of aliphatic imine (C=N–C) groups is 1. The van der Waals surface area contributed by atoms with E-state index < -0.39 is 0 Å². The van der Waals surface area contributed by atoms with Crippen LogP contribution in [0.5, 0.6) is 0 Å². The SMILES string of the molecule is CCN1CCCCC1=Nc1ccccc1N1CCCC1. The molecule has 1 aromatic carbocycles. The van der Waals surface area contributed by atoms with Crippen molar-refractivity contribution in [2.75, 3.05) is 31.1 Å². The van der Waals surface area contributed by atoms with Crippen molar-refractivity contribution in [2.24, 2.45) is 4.99 Å². The highest BCUT2D eigenvalue weighted by atomic mass is 15.2. The van der Waals surface area contributed by atoms with Gasteiger partial charge in [0.05, 0.1) is 11.4 Å². The molecule has 2 aliphatic heterocycles. The Hall–Kier alpha value is -1.51. The molecule has 2 heterocycles. The first-order chi connectivity index (χ1) is 9.88. The number of amidine groups is 1. The fourth-order valence-corrected chi connectivity index (χ4v) is 3.26. The van der Waals surface area contributed by atoms with Gasteiger partial charge in [-0.05, 0) is 44.7 Å². The first-order valence-corrected chi connectivity index (χ1v) is 8.05. The van der Waals surface area contributed by atoms with Crippen molar-refractivity contribution in [3.05, 3.63) is 24.3 Å². The molecule has 2 fully saturated rings. The van der Waals surface area contributed by atoms with Gasteiger partial charge in [-0.1, -0.05) is 12.1 Å². The molecule has 0 radical (unpaired) electrons. The summed E-state index contributed by atoms with van der Waals surface area (Å²) in [5.74, 6) is 1.28. The molecule has 3 rings (SSSR count). The van der Waals surface area contributed by atoms with Gasteiger partial charge in [-0.3, -0.25) is 0 Å². The van der Waals surface area contributed by atoms with Crippen LogP contribution in [-0.4, -0.2) is 36.9 Å². The second kappa shape index (κ2) is 6.29. The van der Waals surface area contributed by atoms with E-state index in [1.807, 2.05) is 0 Å². The maximum Gasteiger partial charge on any atom is 0.105 e. The molecular weight excluding hydrogens is 246 g/mol. The maximum absolute atomic E-state index is 5.02. The van der Waals surface area contributed by atoms with Crippen LogP contribution in [0.1, 0.15) is 39.0 Å². The molecule has 0 aromatic heterocycles. The molecule has 2 aliphatic rings. The fourth-order valence-electron chi connectivity index (χ4n) is 3.26. The lowest BCUT2D eigenvalue weighted by Gasteiger charge is -2.29. The number of benzene rings is 1. The molecule has 1 aromatic rings. The zero-order valence-electron chi connectivity index (χ0n) is 12.5. The molecule has 0 amide bonds. The summed E-state index contributed by atoms with van der Waals surface area (Å²) in [6.45, 7) is 6.83. The third-order valence-corrected chi connectivity index (χ3v) is 4.40. The Morgan fingerprint density at radius 3 is 2.55 bits per heavy atom. The van der Waals surface area contributed by atoms with Crippen molar-refractivity contribution in [2.45, 2.75) is 39.0 Å². The van der Waals surface area contributed by atoms with Crippen LogP contribution >= 0.6 is 0 Å². The molecule has 0 N–H and O–H groups in total.